The van der Waals surface area contributed by atoms with Crippen molar-refractivity contribution in [1.29, 1.82) is 0 Å². The van der Waals surface area contributed by atoms with Crippen LogP contribution in [0, 0.1) is 0 Å². The zero-order chi connectivity index (χ0) is 12.8. The first-order valence-electron chi connectivity index (χ1n) is 5.10. The zero-order valence-corrected chi connectivity index (χ0v) is 9.82. The van der Waals surface area contributed by atoms with E-state index in [1.165, 1.54) is 0 Å². The number of nitrogens with one attached hydrogen (secondary N) is 1. The van der Waals surface area contributed by atoms with E-state index in [0.717, 1.165) is 0 Å². The van der Waals surface area contributed by atoms with Crippen LogP contribution in [0.4, 0.5) is 4.79 Å². The predicted molar refractivity (Wildman–Crippen MR) is 56.9 cm³/mol. The van der Waals surface area contributed by atoms with Gasteiger partial charge in [-0.1, -0.05) is 0 Å². The summed E-state index contributed by atoms with van der Waals surface area (Å²) in [6, 6.07) is 0. The Bertz CT molecular complexity index is 246. The highest BCUT2D eigenvalue weighted by molar-refractivity contribution is 5.68. The second-order valence-corrected chi connectivity index (χ2v) is 4.45. The molecular formula is C10H19NO5. The number of hydrogen-bond donors (Lipinski definition) is 3. The monoisotopic (exact) mass is 233 g/mol. The van der Waals surface area contributed by atoms with Crippen molar-refractivity contribution in [3.63, 3.8) is 0 Å². The lowest BCUT2D eigenvalue weighted by Gasteiger charge is -2.21. The van der Waals surface area contributed by atoms with Crippen molar-refractivity contribution in [2.24, 2.45) is 0 Å². The Balaban J connectivity index is 3.74. The molecule has 0 heterocycles. The summed E-state index contributed by atoms with van der Waals surface area (Å²) in [7, 11) is 0. The van der Waals surface area contributed by atoms with Gasteiger partial charge in [-0.3, -0.25) is 10.1 Å². The molecule has 0 aliphatic carbocycles. The summed E-state index contributed by atoms with van der Waals surface area (Å²) in [6.07, 6.45) is -1.34. The average Bonchev–Trinajstić information content (AvgIpc) is 1.98. The Kier molecular flexibility index (Phi) is 5.81. The maximum atomic E-state index is 11.2. The average molecular weight is 233 g/mol. The summed E-state index contributed by atoms with van der Waals surface area (Å²) in [6.45, 7) is 5.14. The second-order valence-electron chi connectivity index (χ2n) is 4.45. The minimum atomic E-state index is -1.07. The number of aliphatic carboxylic acids is 1. The molecule has 3 N–H and O–H groups in total. The molecular weight excluding hydrogens is 214 g/mol. The van der Waals surface area contributed by atoms with Gasteiger partial charge in [0.05, 0.1) is 0 Å². The Morgan fingerprint density at radius 3 is 2.38 bits per heavy atom. The molecule has 0 aliphatic rings. The van der Waals surface area contributed by atoms with E-state index in [4.69, 9.17) is 9.84 Å². The highest BCUT2D eigenvalue weighted by atomic mass is 16.6. The molecule has 1 amide bonds. The fraction of sp³-hybridized carbons (Fsp3) is 0.800. The standard InChI is InChI=1S/C10H19NO5/c1-10(2,3)16-9(15)11-7(12)5-4-6-8(13)14/h7,12H,4-6H2,1-3H3,(H,11,15)(H,13,14). The van der Waals surface area contributed by atoms with Crippen LogP contribution in [0.3, 0.4) is 0 Å². The molecule has 0 aromatic rings. The molecule has 0 saturated carbocycles. The lowest BCUT2D eigenvalue weighted by atomic mass is 10.2. The molecule has 0 bridgehead atoms. The third-order valence-electron chi connectivity index (χ3n) is 1.55. The lowest BCUT2D eigenvalue weighted by Crippen LogP contribution is -2.39. The van der Waals surface area contributed by atoms with Crippen LogP contribution >= 0.6 is 0 Å². The maximum absolute atomic E-state index is 11.2. The van der Waals surface area contributed by atoms with Crippen molar-refractivity contribution < 1.29 is 24.5 Å². The van der Waals surface area contributed by atoms with Gasteiger partial charge in [0.2, 0.25) is 0 Å². The molecule has 16 heavy (non-hydrogen) atoms. The number of amides is 1. The van der Waals surface area contributed by atoms with Crippen molar-refractivity contribution in [2.75, 3.05) is 0 Å². The van der Waals surface area contributed by atoms with Crippen LogP contribution in [-0.2, 0) is 9.53 Å². The third-order valence-corrected chi connectivity index (χ3v) is 1.55. The van der Waals surface area contributed by atoms with Crippen molar-refractivity contribution in [1.82, 2.24) is 5.32 Å². The van der Waals surface area contributed by atoms with E-state index < -0.39 is 23.9 Å². The molecule has 1 atom stereocenters. The first kappa shape index (κ1) is 14.7. The van der Waals surface area contributed by atoms with Gasteiger partial charge in [-0.25, -0.2) is 4.79 Å². The van der Waals surface area contributed by atoms with Gasteiger partial charge in [-0.05, 0) is 33.6 Å². The van der Waals surface area contributed by atoms with Crippen LogP contribution in [-0.4, -0.2) is 34.1 Å². The van der Waals surface area contributed by atoms with E-state index in [-0.39, 0.29) is 12.8 Å². The van der Waals surface area contributed by atoms with Crippen molar-refractivity contribution in [3.8, 4) is 0 Å². The molecule has 6 nitrogen and oxygen atoms in total. The molecule has 0 spiro atoms. The van der Waals surface area contributed by atoms with E-state index in [1.54, 1.807) is 20.8 Å². The second kappa shape index (κ2) is 6.32. The van der Waals surface area contributed by atoms with Gasteiger partial charge < -0.3 is 14.9 Å². The molecule has 0 aliphatic heterocycles. The smallest absolute Gasteiger partial charge is 0.409 e. The van der Waals surface area contributed by atoms with E-state index in [1.807, 2.05) is 0 Å². The molecule has 0 aromatic carbocycles. The van der Waals surface area contributed by atoms with Crippen LogP contribution in [0.2, 0.25) is 0 Å². The Morgan fingerprint density at radius 2 is 1.94 bits per heavy atom. The lowest BCUT2D eigenvalue weighted by molar-refractivity contribution is -0.137. The number of aliphatic hydroxyl groups is 1. The van der Waals surface area contributed by atoms with Crippen LogP contribution < -0.4 is 5.32 Å². The van der Waals surface area contributed by atoms with Gasteiger partial charge >= 0.3 is 12.1 Å². The number of hydrogen-bond acceptors (Lipinski definition) is 4. The van der Waals surface area contributed by atoms with Crippen LogP contribution in [0.5, 0.6) is 0 Å². The van der Waals surface area contributed by atoms with E-state index in [9.17, 15) is 14.7 Å². The summed E-state index contributed by atoms with van der Waals surface area (Å²) in [5.41, 5.74) is -0.620. The molecule has 94 valence electrons. The summed E-state index contributed by atoms with van der Waals surface area (Å²) in [5.74, 6) is -0.926. The number of rotatable bonds is 5. The Labute approximate surface area is 94.6 Å². The Morgan fingerprint density at radius 1 is 1.38 bits per heavy atom. The first-order chi connectivity index (χ1) is 7.20. The normalized spacial score (nSPS) is 13.0. The number of carboxylic acids is 1. The van der Waals surface area contributed by atoms with Crippen LogP contribution in [0.1, 0.15) is 40.0 Å². The number of carboxylic acid groups (broad SMARTS) is 1. The minimum absolute atomic E-state index is 0.0347. The van der Waals surface area contributed by atoms with E-state index in [0.29, 0.717) is 6.42 Å². The quantitative estimate of drug-likeness (QED) is 0.617. The maximum Gasteiger partial charge on any atom is 0.409 e. The van der Waals surface area contributed by atoms with Gasteiger partial charge in [0.15, 0.2) is 0 Å². The van der Waals surface area contributed by atoms with Crippen LogP contribution in [0.15, 0.2) is 0 Å². The van der Waals surface area contributed by atoms with Gasteiger partial charge in [-0.2, -0.15) is 0 Å². The minimum Gasteiger partial charge on any atom is -0.481 e. The van der Waals surface area contributed by atoms with Gasteiger partial charge in [0.1, 0.15) is 11.8 Å². The molecule has 0 fully saturated rings. The number of carbonyl (C=O) groups is 2. The van der Waals surface area contributed by atoms with Crippen molar-refractivity contribution in [2.45, 2.75) is 51.9 Å². The fourth-order valence-corrected chi connectivity index (χ4v) is 0.962. The molecule has 0 radical (unpaired) electrons. The summed E-state index contributed by atoms with van der Waals surface area (Å²) < 4.78 is 4.91. The number of alkyl carbamates (subject to hydrolysis) is 1. The predicted octanol–water partition coefficient (Wildman–Crippen LogP) is 1.08. The molecule has 0 rings (SSSR count). The zero-order valence-electron chi connectivity index (χ0n) is 9.82. The Hall–Kier alpha value is -1.30. The summed E-state index contributed by atoms with van der Waals surface area (Å²) >= 11 is 0. The molecule has 1 unspecified atom stereocenters. The molecule has 0 saturated heterocycles. The van der Waals surface area contributed by atoms with E-state index >= 15 is 0 Å². The number of carbonyl (C=O) groups excluding carboxylic acids is 1. The molecule has 0 aromatic heterocycles. The first-order valence-corrected chi connectivity index (χ1v) is 5.10. The molecule has 6 heteroatoms. The highest BCUT2D eigenvalue weighted by Gasteiger charge is 2.18. The van der Waals surface area contributed by atoms with Crippen LogP contribution in [0.25, 0.3) is 0 Å². The van der Waals surface area contributed by atoms with Crippen molar-refractivity contribution >= 4 is 12.1 Å². The fourth-order valence-electron chi connectivity index (χ4n) is 0.962. The highest BCUT2D eigenvalue weighted by Crippen LogP contribution is 2.07. The van der Waals surface area contributed by atoms with Gasteiger partial charge in [0, 0.05) is 6.42 Å². The number of aliphatic hydroxyl groups excluding tert-OH is 1. The summed E-state index contributed by atoms with van der Waals surface area (Å²) in [5, 5.41) is 19.9. The number of ether oxygens (including phenoxy) is 1. The van der Waals surface area contributed by atoms with Gasteiger partial charge in [-0.15, -0.1) is 0 Å². The van der Waals surface area contributed by atoms with Crippen molar-refractivity contribution in [3.05, 3.63) is 0 Å². The van der Waals surface area contributed by atoms with Gasteiger partial charge in [0.25, 0.3) is 0 Å². The SMILES string of the molecule is CC(C)(C)OC(=O)NC(O)CCCC(=O)O. The topological polar surface area (TPSA) is 95.9 Å². The largest absolute Gasteiger partial charge is 0.481 e. The third kappa shape index (κ3) is 9.26. The van der Waals surface area contributed by atoms with E-state index in [2.05, 4.69) is 5.32 Å². The summed E-state index contributed by atoms with van der Waals surface area (Å²) in [4.78, 5) is 21.4.